The summed E-state index contributed by atoms with van der Waals surface area (Å²) in [6, 6.07) is 13.7. The maximum Gasteiger partial charge on any atom is 0.252 e. The molecule has 0 aliphatic carbocycles. The van der Waals surface area contributed by atoms with Gasteiger partial charge >= 0.3 is 0 Å². The smallest absolute Gasteiger partial charge is 0.252 e. The van der Waals surface area contributed by atoms with Gasteiger partial charge in [0.05, 0.1) is 0 Å². The molecule has 0 heterocycles. The lowest BCUT2D eigenvalue weighted by molar-refractivity contribution is 0.0916. The van der Waals surface area contributed by atoms with E-state index >= 15 is 0 Å². The fraction of sp³-hybridized carbons (Fsp3) is 0.278. The summed E-state index contributed by atoms with van der Waals surface area (Å²) in [6.07, 6.45) is 7.02. The predicted molar refractivity (Wildman–Crippen MR) is 83.6 cm³/mol. The van der Waals surface area contributed by atoms with Crippen LogP contribution in [-0.2, 0) is 0 Å². The van der Waals surface area contributed by atoms with Crippen molar-refractivity contribution in [2.24, 2.45) is 0 Å². The molecule has 0 atom stereocenters. The first kappa shape index (κ1) is 14.1. The zero-order chi connectivity index (χ0) is 14.6. The highest BCUT2D eigenvalue weighted by molar-refractivity contribution is 5.99. The second-order valence-electron chi connectivity index (χ2n) is 4.95. The van der Waals surface area contributed by atoms with Crippen LogP contribution in [0, 0.1) is 12.3 Å². The molecule has 20 heavy (non-hydrogen) atoms. The summed E-state index contributed by atoms with van der Waals surface area (Å²) >= 11 is 0. The molecular weight excluding hydrogens is 246 g/mol. The summed E-state index contributed by atoms with van der Waals surface area (Å²) in [5.74, 6) is 2.61. The number of carbonyl (C=O) groups excluding carboxylic acids is 1. The highest BCUT2D eigenvalue weighted by Gasteiger charge is 2.25. The summed E-state index contributed by atoms with van der Waals surface area (Å²) in [5, 5.41) is 5.16. The predicted octanol–water partition coefficient (Wildman–Crippen LogP) is 3.76. The van der Waals surface area contributed by atoms with Gasteiger partial charge in [-0.05, 0) is 35.7 Å². The van der Waals surface area contributed by atoms with Crippen LogP contribution in [0.4, 0.5) is 0 Å². The summed E-state index contributed by atoms with van der Waals surface area (Å²) in [7, 11) is 0. The maximum atomic E-state index is 12.4. The summed E-state index contributed by atoms with van der Waals surface area (Å²) in [4.78, 5) is 12.4. The van der Waals surface area contributed by atoms with E-state index in [9.17, 15) is 4.79 Å². The van der Waals surface area contributed by atoms with Gasteiger partial charge in [0.15, 0.2) is 0 Å². The van der Waals surface area contributed by atoms with E-state index < -0.39 is 5.54 Å². The van der Waals surface area contributed by atoms with E-state index in [1.165, 1.54) is 0 Å². The van der Waals surface area contributed by atoms with Gasteiger partial charge in [0.25, 0.3) is 5.91 Å². The Kier molecular flexibility index (Phi) is 4.10. The van der Waals surface area contributed by atoms with Crippen LogP contribution in [0.2, 0.25) is 0 Å². The van der Waals surface area contributed by atoms with Gasteiger partial charge in [-0.3, -0.25) is 4.79 Å². The van der Waals surface area contributed by atoms with E-state index in [1.807, 2.05) is 56.3 Å². The van der Waals surface area contributed by atoms with Crippen LogP contribution < -0.4 is 5.32 Å². The fourth-order valence-electron chi connectivity index (χ4n) is 2.29. The fourth-order valence-corrected chi connectivity index (χ4v) is 2.29. The van der Waals surface area contributed by atoms with Crippen molar-refractivity contribution in [2.45, 2.75) is 32.2 Å². The van der Waals surface area contributed by atoms with Gasteiger partial charge in [0.1, 0.15) is 5.54 Å². The van der Waals surface area contributed by atoms with Gasteiger partial charge in [-0.2, -0.15) is 0 Å². The highest BCUT2D eigenvalue weighted by atomic mass is 16.1. The molecule has 0 aliphatic rings. The number of nitrogens with one attached hydrogen (secondary N) is 1. The van der Waals surface area contributed by atoms with Crippen molar-refractivity contribution in [3.8, 4) is 12.3 Å². The molecule has 2 rings (SSSR count). The van der Waals surface area contributed by atoms with Crippen LogP contribution in [0.15, 0.2) is 42.5 Å². The molecule has 2 aromatic rings. The molecule has 1 N–H and O–H groups in total. The second kappa shape index (κ2) is 5.79. The molecule has 0 aliphatic heterocycles. The monoisotopic (exact) mass is 265 g/mol. The minimum absolute atomic E-state index is 0.114. The van der Waals surface area contributed by atoms with Crippen LogP contribution in [0.5, 0.6) is 0 Å². The average Bonchev–Trinajstić information content (AvgIpc) is 2.52. The molecule has 2 aromatic carbocycles. The van der Waals surface area contributed by atoms with E-state index in [0.29, 0.717) is 5.56 Å². The van der Waals surface area contributed by atoms with E-state index in [1.54, 1.807) is 0 Å². The van der Waals surface area contributed by atoms with Crippen LogP contribution in [0.25, 0.3) is 10.8 Å². The van der Waals surface area contributed by atoms with E-state index in [-0.39, 0.29) is 5.91 Å². The number of hydrogen-bond donors (Lipinski definition) is 1. The van der Waals surface area contributed by atoms with Crippen molar-refractivity contribution in [3.05, 3.63) is 48.0 Å². The maximum absolute atomic E-state index is 12.4. The minimum atomic E-state index is -0.553. The number of amides is 1. The van der Waals surface area contributed by atoms with Gasteiger partial charge in [-0.1, -0.05) is 50.1 Å². The molecule has 0 aromatic heterocycles. The van der Waals surface area contributed by atoms with E-state index in [4.69, 9.17) is 6.42 Å². The minimum Gasteiger partial charge on any atom is -0.336 e. The number of hydrogen-bond acceptors (Lipinski definition) is 1. The molecule has 2 heteroatoms. The Labute approximate surface area is 120 Å². The van der Waals surface area contributed by atoms with Gasteiger partial charge in [-0.15, -0.1) is 6.42 Å². The molecule has 0 fully saturated rings. The van der Waals surface area contributed by atoms with Crippen LogP contribution in [0.3, 0.4) is 0 Å². The van der Waals surface area contributed by atoms with Crippen molar-refractivity contribution in [3.63, 3.8) is 0 Å². The first-order valence-electron chi connectivity index (χ1n) is 6.93. The quantitative estimate of drug-likeness (QED) is 0.838. The number of terminal acetylenes is 1. The molecule has 102 valence electrons. The third-order valence-electron chi connectivity index (χ3n) is 3.85. The molecule has 2 nitrogen and oxygen atoms in total. The van der Waals surface area contributed by atoms with Crippen molar-refractivity contribution < 1.29 is 4.79 Å². The summed E-state index contributed by atoms with van der Waals surface area (Å²) in [5.41, 5.74) is 0.0909. The SMILES string of the molecule is C#CC(CC)(CC)NC(=O)c1ccc2ccccc2c1. The summed E-state index contributed by atoms with van der Waals surface area (Å²) < 4.78 is 0. The van der Waals surface area contributed by atoms with Gasteiger partial charge in [0, 0.05) is 5.56 Å². The molecule has 0 saturated carbocycles. The molecule has 0 bridgehead atoms. The first-order valence-corrected chi connectivity index (χ1v) is 6.93. The Morgan fingerprint density at radius 3 is 2.40 bits per heavy atom. The number of carbonyl (C=O) groups is 1. The Balaban J connectivity index is 2.30. The first-order chi connectivity index (χ1) is 9.64. The number of benzene rings is 2. The van der Waals surface area contributed by atoms with E-state index in [0.717, 1.165) is 23.6 Å². The van der Waals surface area contributed by atoms with Crippen LogP contribution in [-0.4, -0.2) is 11.4 Å². The average molecular weight is 265 g/mol. The molecule has 0 unspecified atom stereocenters. The Bertz CT molecular complexity index is 662. The largest absolute Gasteiger partial charge is 0.336 e. The van der Waals surface area contributed by atoms with Crippen molar-refractivity contribution in [2.75, 3.05) is 0 Å². The Hall–Kier alpha value is -2.27. The molecule has 0 saturated heterocycles. The molecule has 0 radical (unpaired) electrons. The Morgan fingerprint density at radius 2 is 1.80 bits per heavy atom. The van der Waals surface area contributed by atoms with Crippen LogP contribution >= 0.6 is 0 Å². The molecule has 1 amide bonds. The highest BCUT2D eigenvalue weighted by Crippen LogP contribution is 2.18. The van der Waals surface area contributed by atoms with E-state index in [2.05, 4.69) is 11.2 Å². The third-order valence-corrected chi connectivity index (χ3v) is 3.85. The molecule has 0 spiro atoms. The van der Waals surface area contributed by atoms with Gasteiger partial charge in [-0.25, -0.2) is 0 Å². The number of fused-ring (bicyclic) bond motifs is 1. The van der Waals surface area contributed by atoms with Crippen molar-refractivity contribution in [1.82, 2.24) is 5.32 Å². The topological polar surface area (TPSA) is 29.1 Å². The van der Waals surface area contributed by atoms with Gasteiger partial charge in [0.2, 0.25) is 0 Å². The van der Waals surface area contributed by atoms with Crippen molar-refractivity contribution in [1.29, 1.82) is 0 Å². The zero-order valence-electron chi connectivity index (χ0n) is 11.9. The normalized spacial score (nSPS) is 11.1. The second-order valence-corrected chi connectivity index (χ2v) is 4.95. The van der Waals surface area contributed by atoms with Gasteiger partial charge < -0.3 is 5.32 Å². The zero-order valence-corrected chi connectivity index (χ0v) is 11.9. The molecular formula is C18H19NO. The third kappa shape index (κ3) is 2.67. The number of rotatable bonds is 4. The van der Waals surface area contributed by atoms with Crippen molar-refractivity contribution >= 4 is 16.7 Å². The summed E-state index contributed by atoms with van der Waals surface area (Å²) in [6.45, 7) is 3.98. The lowest BCUT2D eigenvalue weighted by Crippen LogP contribution is -2.46. The lowest BCUT2D eigenvalue weighted by Gasteiger charge is -2.27. The lowest BCUT2D eigenvalue weighted by atomic mass is 9.93. The standard InChI is InChI=1S/C18H19NO/c1-4-18(5-2,6-3)19-17(20)16-12-11-14-9-7-8-10-15(14)13-16/h1,7-13H,5-6H2,2-3H3,(H,19,20). The van der Waals surface area contributed by atoms with Crippen LogP contribution in [0.1, 0.15) is 37.0 Å². The Morgan fingerprint density at radius 1 is 1.15 bits per heavy atom.